The molecule has 1 aliphatic rings. The lowest BCUT2D eigenvalue weighted by Gasteiger charge is -2.18. The molecule has 1 heterocycles. The van der Waals surface area contributed by atoms with Crippen molar-refractivity contribution in [2.45, 2.75) is 25.1 Å². The van der Waals surface area contributed by atoms with Crippen molar-refractivity contribution in [2.24, 2.45) is 0 Å². The van der Waals surface area contributed by atoms with Crippen LogP contribution in [-0.2, 0) is 6.18 Å². The predicted molar refractivity (Wildman–Crippen MR) is 56.4 cm³/mol. The summed E-state index contributed by atoms with van der Waals surface area (Å²) >= 11 is 5.61. The zero-order valence-corrected chi connectivity index (χ0v) is 9.20. The van der Waals surface area contributed by atoms with Gasteiger partial charge in [-0.25, -0.2) is 0 Å². The Morgan fingerprint density at radius 3 is 2.62 bits per heavy atom. The van der Waals surface area contributed by atoms with E-state index < -0.39 is 11.7 Å². The molecule has 1 atom stereocenters. The Morgan fingerprint density at radius 2 is 2.06 bits per heavy atom. The van der Waals surface area contributed by atoms with E-state index in [0.717, 1.165) is 25.5 Å². The molecule has 88 valence electrons. The molecule has 0 radical (unpaired) electrons. The fraction of sp³-hybridized carbons (Fsp3) is 0.455. The molecule has 0 unspecified atom stereocenters. The lowest BCUT2D eigenvalue weighted by atomic mass is 9.99. The van der Waals surface area contributed by atoms with E-state index in [0.29, 0.717) is 5.56 Å². The van der Waals surface area contributed by atoms with E-state index in [1.807, 2.05) is 0 Å². The van der Waals surface area contributed by atoms with Gasteiger partial charge in [0.1, 0.15) is 0 Å². The number of nitrogens with one attached hydrogen (secondary N) is 1. The maximum atomic E-state index is 12.8. The molecule has 0 bridgehead atoms. The van der Waals surface area contributed by atoms with Gasteiger partial charge >= 0.3 is 6.18 Å². The fourth-order valence-corrected chi connectivity index (χ4v) is 2.20. The summed E-state index contributed by atoms with van der Waals surface area (Å²) in [6.45, 7) is 0.768. The van der Waals surface area contributed by atoms with Crippen molar-refractivity contribution >= 4 is 11.6 Å². The second-order valence-electron chi connectivity index (χ2n) is 3.88. The van der Waals surface area contributed by atoms with Gasteiger partial charge in [-0.1, -0.05) is 17.7 Å². The van der Waals surface area contributed by atoms with Crippen LogP contribution in [0.25, 0.3) is 0 Å². The molecule has 0 amide bonds. The molecule has 0 spiro atoms. The number of halogens is 4. The van der Waals surface area contributed by atoms with Crippen LogP contribution in [-0.4, -0.2) is 6.54 Å². The van der Waals surface area contributed by atoms with Gasteiger partial charge in [-0.2, -0.15) is 13.2 Å². The van der Waals surface area contributed by atoms with Crippen LogP contribution < -0.4 is 5.32 Å². The van der Waals surface area contributed by atoms with Gasteiger partial charge in [-0.3, -0.25) is 0 Å². The second kappa shape index (κ2) is 4.26. The third kappa shape index (κ3) is 2.33. The zero-order chi connectivity index (χ0) is 11.8. The smallest absolute Gasteiger partial charge is 0.310 e. The van der Waals surface area contributed by atoms with E-state index >= 15 is 0 Å². The summed E-state index contributed by atoms with van der Waals surface area (Å²) in [6.07, 6.45) is -2.69. The topological polar surface area (TPSA) is 12.0 Å². The van der Waals surface area contributed by atoms with Crippen LogP contribution in [0.5, 0.6) is 0 Å². The molecule has 16 heavy (non-hydrogen) atoms. The Bertz CT molecular complexity index is 383. The number of rotatable bonds is 1. The maximum absolute atomic E-state index is 12.8. The Kier molecular flexibility index (Phi) is 3.13. The molecule has 1 aromatic rings. The summed E-state index contributed by atoms with van der Waals surface area (Å²) in [6, 6.07) is 3.77. The van der Waals surface area contributed by atoms with Gasteiger partial charge in [-0.05, 0) is 37.1 Å². The minimum atomic E-state index is -4.34. The average Bonchev–Trinajstić information content (AvgIpc) is 2.69. The van der Waals surface area contributed by atoms with Crippen LogP contribution in [0.4, 0.5) is 13.2 Å². The van der Waals surface area contributed by atoms with E-state index in [1.165, 1.54) is 12.1 Å². The summed E-state index contributed by atoms with van der Waals surface area (Å²) in [5.74, 6) is 0. The summed E-state index contributed by atoms with van der Waals surface area (Å²) in [5.41, 5.74) is -0.325. The van der Waals surface area contributed by atoms with E-state index in [4.69, 9.17) is 11.6 Å². The van der Waals surface area contributed by atoms with Crippen molar-refractivity contribution in [3.8, 4) is 0 Å². The first-order chi connectivity index (χ1) is 7.48. The Morgan fingerprint density at radius 1 is 1.31 bits per heavy atom. The highest BCUT2D eigenvalue weighted by atomic mass is 35.5. The number of alkyl halides is 3. The van der Waals surface area contributed by atoms with Crippen LogP contribution in [0.2, 0.25) is 5.02 Å². The Balaban J connectivity index is 2.43. The molecule has 1 nitrogen and oxygen atoms in total. The van der Waals surface area contributed by atoms with Gasteiger partial charge in [0.2, 0.25) is 0 Å². The highest BCUT2D eigenvalue weighted by molar-refractivity contribution is 6.30. The van der Waals surface area contributed by atoms with E-state index in [2.05, 4.69) is 5.32 Å². The SMILES string of the molecule is FC(F)(F)c1cc(Cl)ccc1[C@H]1CCCN1. The monoisotopic (exact) mass is 249 g/mol. The van der Waals surface area contributed by atoms with Crippen LogP contribution in [0.15, 0.2) is 18.2 Å². The molecule has 1 N–H and O–H groups in total. The molecule has 1 aromatic carbocycles. The van der Waals surface area contributed by atoms with Crippen LogP contribution >= 0.6 is 11.6 Å². The van der Waals surface area contributed by atoms with Gasteiger partial charge in [0.05, 0.1) is 5.56 Å². The molecule has 5 heteroatoms. The lowest BCUT2D eigenvalue weighted by molar-refractivity contribution is -0.138. The molecular formula is C11H11ClF3N. The van der Waals surface area contributed by atoms with Crippen molar-refractivity contribution in [2.75, 3.05) is 6.54 Å². The number of benzene rings is 1. The third-order valence-corrected chi connectivity index (χ3v) is 2.99. The van der Waals surface area contributed by atoms with Gasteiger partial charge in [0.15, 0.2) is 0 Å². The second-order valence-corrected chi connectivity index (χ2v) is 4.31. The quantitative estimate of drug-likeness (QED) is 0.799. The van der Waals surface area contributed by atoms with Crippen LogP contribution in [0, 0.1) is 0 Å². The molecule has 1 aliphatic heterocycles. The molecule has 0 aromatic heterocycles. The van der Waals surface area contributed by atoms with E-state index in [-0.39, 0.29) is 11.1 Å². The van der Waals surface area contributed by atoms with E-state index in [1.54, 1.807) is 0 Å². The van der Waals surface area contributed by atoms with Crippen LogP contribution in [0.3, 0.4) is 0 Å². The first-order valence-electron chi connectivity index (χ1n) is 5.08. The zero-order valence-electron chi connectivity index (χ0n) is 8.44. The first kappa shape index (κ1) is 11.7. The van der Waals surface area contributed by atoms with Crippen molar-refractivity contribution < 1.29 is 13.2 Å². The Hall–Kier alpha value is -0.740. The van der Waals surface area contributed by atoms with Crippen molar-refractivity contribution in [1.29, 1.82) is 0 Å². The standard InChI is InChI=1S/C11H11ClF3N/c12-7-3-4-8(10-2-1-5-16-10)9(6-7)11(13,14)15/h3-4,6,10,16H,1-2,5H2/t10-/m1/s1. The first-order valence-corrected chi connectivity index (χ1v) is 5.46. The molecule has 2 rings (SSSR count). The fourth-order valence-electron chi connectivity index (χ4n) is 2.03. The van der Waals surface area contributed by atoms with Crippen molar-refractivity contribution in [3.05, 3.63) is 34.3 Å². The molecule has 0 aliphatic carbocycles. The Labute approximate surface area is 96.6 Å². The van der Waals surface area contributed by atoms with Crippen molar-refractivity contribution in [1.82, 2.24) is 5.32 Å². The highest BCUT2D eigenvalue weighted by Gasteiger charge is 2.35. The largest absolute Gasteiger partial charge is 0.416 e. The van der Waals surface area contributed by atoms with Crippen molar-refractivity contribution in [3.63, 3.8) is 0 Å². The summed E-state index contributed by atoms with van der Waals surface area (Å²) in [5, 5.41) is 3.18. The summed E-state index contributed by atoms with van der Waals surface area (Å²) < 4.78 is 38.4. The van der Waals surface area contributed by atoms with Gasteiger partial charge in [0.25, 0.3) is 0 Å². The predicted octanol–water partition coefficient (Wildman–Crippen LogP) is 3.78. The molecule has 1 fully saturated rings. The minimum absolute atomic E-state index is 0.120. The number of hydrogen-bond acceptors (Lipinski definition) is 1. The van der Waals surface area contributed by atoms with Crippen LogP contribution in [0.1, 0.15) is 30.0 Å². The highest BCUT2D eigenvalue weighted by Crippen LogP contribution is 2.38. The maximum Gasteiger partial charge on any atom is 0.416 e. The summed E-state index contributed by atoms with van der Waals surface area (Å²) in [4.78, 5) is 0. The normalized spacial score (nSPS) is 21.4. The molecular weight excluding hydrogens is 239 g/mol. The number of hydrogen-bond donors (Lipinski definition) is 1. The molecule has 0 saturated carbocycles. The van der Waals surface area contributed by atoms with Gasteiger partial charge in [0, 0.05) is 11.1 Å². The van der Waals surface area contributed by atoms with Gasteiger partial charge < -0.3 is 5.32 Å². The third-order valence-electron chi connectivity index (χ3n) is 2.76. The lowest BCUT2D eigenvalue weighted by Crippen LogP contribution is -2.18. The van der Waals surface area contributed by atoms with Gasteiger partial charge in [-0.15, -0.1) is 0 Å². The minimum Gasteiger partial charge on any atom is -0.310 e. The van der Waals surface area contributed by atoms with E-state index in [9.17, 15) is 13.2 Å². The molecule has 1 saturated heterocycles. The summed E-state index contributed by atoms with van der Waals surface area (Å²) in [7, 11) is 0. The average molecular weight is 250 g/mol.